The van der Waals surface area contributed by atoms with Crippen molar-refractivity contribution in [2.45, 2.75) is 25.3 Å². The summed E-state index contributed by atoms with van der Waals surface area (Å²) < 4.78 is 27.0. The van der Waals surface area contributed by atoms with Crippen molar-refractivity contribution in [2.75, 3.05) is 11.9 Å². The predicted octanol–water partition coefficient (Wildman–Crippen LogP) is 1.60. The van der Waals surface area contributed by atoms with E-state index in [1.165, 1.54) is 0 Å². The first-order valence-electron chi connectivity index (χ1n) is 6.28. The van der Waals surface area contributed by atoms with Gasteiger partial charge in [0.1, 0.15) is 11.6 Å². The topological polar surface area (TPSA) is 81.1 Å². The largest absolute Gasteiger partial charge is 0.380 e. The van der Waals surface area contributed by atoms with Crippen molar-refractivity contribution in [3.8, 4) is 0 Å². The lowest BCUT2D eigenvalue weighted by Gasteiger charge is -2.21. The van der Waals surface area contributed by atoms with Crippen molar-refractivity contribution in [2.24, 2.45) is 17.4 Å². The molecule has 0 spiro atoms. The molecular formula is C13H17F2N3O. The molecule has 0 radical (unpaired) electrons. The van der Waals surface area contributed by atoms with Gasteiger partial charge >= 0.3 is 0 Å². The van der Waals surface area contributed by atoms with E-state index >= 15 is 0 Å². The van der Waals surface area contributed by atoms with Crippen LogP contribution in [0.25, 0.3) is 0 Å². The average molecular weight is 269 g/mol. The maximum Gasteiger partial charge on any atom is 0.251 e. The SMILES string of the molecule is NCC1CCCC1Nc1cc(C(N)=O)c(F)cc1F. The lowest BCUT2D eigenvalue weighted by molar-refractivity contribution is 0.0996. The molecule has 0 aliphatic heterocycles. The number of carbonyl (C=O) groups excluding carboxylic acids is 1. The predicted molar refractivity (Wildman–Crippen MR) is 68.7 cm³/mol. The van der Waals surface area contributed by atoms with Gasteiger partial charge in [-0.05, 0) is 31.4 Å². The molecule has 2 atom stereocenters. The Balaban J connectivity index is 2.24. The molecular weight excluding hydrogens is 252 g/mol. The van der Waals surface area contributed by atoms with E-state index in [0.717, 1.165) is 25.3 Å². The second-order valence-electron chi connectivity index (χ2n) is 4.85. The first-order chi connectivity index (χ1) is 9.02. The average Bonchev–Trinajstić information content (AvgIpc) is 2.79. The lowest BCUT2D eigenvalue weighted by Crippen LogP contribution is -2.30. The maximum absolute atomic E-state index is 13.7. The molecule has 1 amide bonds. The summed E-state index contributed by atoms with van der Waals surface area (Å²) >= 11 is 0. The van der Waals surface area contributed by atoms with Crippen LogP contribution in [-0.2, 0) is 0 Å². The molecule has 0 aromatic heterocycles. The Morgan fingerprint density at radius 2 is 2.05 bits per heavy atom. The van der Waals surface area contributed by atoms with E-state index in [-0.39, 0.29) is 23.2 Å². The quantitative estimate of drug-likeness (QED) is 0.776. The van der Waals surface area contributed by atoms with Crippen LogP contribution in [0.5, 0.6) is 0 Å². The number of halogens is 2. The van der Waals surface area contributed by atoms with Crippen LogP contribution in [0.1, 0.15) is 29.6 Å². The van der Waals surface area contributed by atoms with Gasteiger partial charge in [0.2, 0.25) is 0 Å². The van der Waals surface area contributed by atoms with Crippen LogP contribution in [0.2, 0.25) is 0 Å². The van der Waals surface area contributed by atoms with Gasteiger partial charge in [0, 0.05) is 12.1 Å². The van der Waals surface area contributed by atoms with Gasteiger partial charge in [-0.3, -0.25) is 4.79 Å². The normalized spacial score (nSPS) is 22.5. The standard InChI is InChI=1S/C13H17F2N3O/c14-9-5-10(15)12(4-8(9)13(17)19)18-11-3-1-2-7(11)6-16/h4-5,7,11,18H,1-3,6,16H2,(H2,17,19). The van der Waals surface area contributed by atoms with Crippen LogP contribution in [0.4, 0.5) is 14.5 Å². The van der Waals surface area contributed by atoms with Crippen molar-refractivity contribution < 1.29 is 13.6 Å². The summed E-state index contributed by atoms with van der Waals surface area (Å²) in [6.07, 6.45) is 2.88. The summed E-state index contributed by atoms with van der Waals surface area (Å²) in [4.78, 5) is 11.1. The first kappa shape index (κ1) is 13.7. The minimum atomic E-state index is -0.947. The van der Waals surface area contributed by atoms with Crippen molar-refractivity contribution in [3.05, 3.63) is 29.3 Å². The third-order valence-corrected chi connectivity index (χ3v) is 3.62. The van der Waals surface area contributed by atoms with Crippen molar-refractivity contribution in [3.63, 3.8) is 0 Å². The molecule has 104 valence electrons. The summed E-state index contributed by atoms with van der Waals surface area (Å²) in [5.74, 6) is -2.33. The van der Waals surface area contributed by atoms with Gasteiger partial charge in [0.25, 0.3) is 5.91 Å². The summed E-state index contributed by atoms with van der Waals surface area (Å²) in [5, 5.41) is 3.00. The van der Waals surface area contributed by atoms with Crippen molar-refractivity contribution in [1.82, 2.24) is 0 Å². The molecule has 19 heavy (non-hydrogen) atoms. The highest BCUT2D eigenvalue weighted by Crippen LogP contribution is 2.29. The highest BCUT2D eigenvalue weighted by atomic mass is 19.1. The Labute approximate surface area is 110 Å². The van der Waals surface area contributed by atoms with E-state index in [1.807, 2.05) is 0 Å². The number of nitrogens with one attached hydrogen (secondary N) is 1. The molecule has 1 aliphatic rings. The van der Waals surface area contributed by atoms with Crippen LogP contribution in [-0.4, -0.2) is 18.5 Å². The molecule has 4 nitrogen and oxygen atoms in total. The molecule has 1 fully saturated rings. The summed E-state index contributed by atoms with van der Waals surface area (Å²) in [6, 6.07) is 1.85. The fourth-order valence-corrected chi connectivity index (χ4v) is 2.56. The number of rotatable bonds is 4. The van der Waals surface area contributed by atoms with E-state index in [1.54, 1.807) is 0 Å². The number of carbonyl (C=O) groups is 1. The number of primary amides is 1. The molecule has 0 bridgehead atoms. The minimum Gasteiger partial charge on any atom is -0.380 e. The molecule has 0 heterocycles. The molecule has 1 aliphatic carbocycles. The monoisotopic (exact) mass is 269 g/mol. The Hall–Kier alpha value is -1.69. The third-order valence-electron chi connectivity index (χ3n) is 3.62. The molecule has 6 heteroatoms. The van der Waals surface area contributed by atoms with E-state index in [2.05, 4.69) is 5.32 Å². The van der Waals surface area contributed by atoms with Gasteiger partial charge in [-0.15, -0.1) is 0 Å². The maximum atomic E-state index is 13.7. The van der Waals surface area contributed by atoms with Crippen molar-refractivity contribution in [1.29, 1.82) is 0 Å². The smallest absolute Gasteiger partial charge is 0.251 e. The Morgan fingerprint density at radius 3 is 2.68 bits per heavy atom. The fraction of sp³-hybridized carbons (Fsp3) is 0.462. The Kier molecular flexibility index (Phi) is 3.99. The third kappa shape index (κ3) is 2.84. The molecule has 2 rings (SSSR count). The highest BCUT2D eigenvalue weighted by Gasteiger charge is 2.27. The number of amides is 1. The van der Waals surface area contributed by atoms with Crippen LogP contribution in [0.15, 0.2) is 12.1 Å². The molecule has 1 saturated carbocycles. The highest BCUT2D eigenvalue weighted by molar-refractivity contribution is 5.94. The molecule has 5 N–H and O–H groups in total. The van der Waals surface area contributed by atoms with E-state index in [4.69, 9.17) is 11.5 Å². The van der Waals surface area contributed by atoms with Crippen LogP contribution < -0.4 is 16.8 Å². The fourth-order valence-electron chi connectivity index (χ4n) is 2.56. The van der Waals surface area contributed by atoms with Crippen molar-refractivity contribution >= 4 is 11.6 Å². The number of nitrogens with two attached hydrogens (primary N) is 2. The summed E-state index contributed by atoms with van der Waals surface area (Å²) in [6.45, 7) is 0.517. The lowest BCUT2D eigenvalue weighted by atomic mass is 10.0. The van der Waals surface area contributed by atoms with Gasteiger partial charge < -0.3 is 16.8 Å². The number of hydrogen-bond donors (Lipinski definition) is 3. The van der Waals surface area contributed by atoms with Crippen LogP contribution >= 0.6 is 0 Å². The second-order valence-corrected chi connectivity index (χ2v) is 4.85. The van der Waals surface area contributed by atoms with Gasteiger partial charge in [-0.25, -0.2) is 8.78 Å². The second kappa shape index (κ2) is 5.52. The number of hydrogen-bond acceptors (Lipinski definition) is 3. The Morgan fingerprint density at radius 1 is 1.32 bits per heavy atom. The molecule has 2 unspecified atom stereocenters. The number of anilines is 1. The Bertz CT molecular complexity index is 493. The van der Waals surface area contributed by atoms with E-state index in [9.17, 15) is 13.6 Å². The zero-order chi connectivity index (χ0) is 14.0. The summed E-state index contributed by atoms with van der Waals surface area (Å²) in [5.41, 5.74) is 10.5. The molecule has 1 aromatic rings. The van der Waals surface area contributed by atoms with Gasteiger partial charge in [0.05, 0.1) is 11.3 Å². The minimum absolute atomic E-state index is 0.0469. The summed E-state index contributed by atoms with van der Waals surface area (Å²) in [7, 11) is 0. The molecule has 0 saturated heterocycles. The van der Waals surface area contributed by atoms with Crippen LogP contribution in [0, 0.1) is 17.6 Å². The van der Waals surface area contributed by atoms with E-state index in [0.29, 0.717) is 12.6 Å². The number of benzene rings is 1. The molecule has 1 aromatic carbocycles. The van der Waals surface area contributed by atoms with Crippen LogP contribution in [0.3, 0.4) is 0 Å². The van der Waals surface area contributed by atoms with Gasteiger partial charge in [-0.2, -0.15) is 0 Å². The van der Waals surface area contributed by atoms with Gasteiger partial charge in [0.15, 0.2) is 0 Å². The first-order valence-corrected chi connectivity index (χ1v) is 6.28. The zero-order valence-electron chi connectivity index (χ0n) is 10.5. The van der Waals surface area contributed by atoms with Gasteiger partial charge in [-0.1, -0.05) is 6.42 Å². The zero-order valence-corrected chi connectivity index (χ0v) is 10.5. The van der Waals surface area contributed by atoms with E-state index < -0.39 is 17.5 Å².